The van der Waals surface area contributed by atoms with Crippen LogP contribution in [0.1, 0.15) is 45.4 Å². The van der Waals surface area contributed by atoms with Gasteiger partial charge in [0.05, 0.1) is 5.92 Å². The zero-order valence-corrected chi connectivity index (χ0v) is 7.75. The lowest BCUT2D eigenvalue weighted by Gasteiger charge is -2.22. The van der Waals surface area contributed by atoms with Gasteiger partial charge in [0.15, 0.2) is 0 Å². The fourth-order valence-electron chi connectivity index (χ4n) is 2.04. The Bertz CT molecular complexity index is 154. The average molecular weight is 170 g/mol. The van der Waals surface area contributed by atoms with Gasteiger partial charge in [0.25, 0.3) is 0 Å². The molecule has 0 amide bonds. The topological polar surface area (TPSA) is 37.3 Å². The van der Waals surface area contributed by atoms with Crippen molar-refractivity contribution < 1.29 is 9.90 Å². The maximum Gasteiger partial charge on any atom is 0.306 e. The van der Waals surface area contributed by atoms with E-state index in [1.807, 2.05) is 0 Å². The van der Waals surface area contributed by atoms with E-state index in [4.69, 9.17) is 5.11 Å². The van der Waals surface area contributed by atoms with Gasteiger partial charge in [-0.1, -0.05) is 32.6 Å². The number of carboxylic acids is 1. The molecule has 0 saturated heterocycles. The molecule has 0 bridgehead atoms. The maximum absolute atomic E-state index is 10.8. The first-order valence-electron chi connectivity index (χ1n) is 4.94. The Morgan fingerprint density at radius 1 is 1.17 bits per heavy atom. The molecule has 1 aliphatic rings. The summed E-state index contributed by atoms with van der Waals surface area (Å²) in [5, 5.41) is 8.93. The van der Waals surface area contributed by atoms with E-state index in [0.29, 0.717) is 5.92 Å². The van der Waals surface area contributed by atoms with Crippen LogP contribution in [-0.4, -0.2) is 11.1 Å². The fraction of sp³-hybridized carbons (Fsp3) is 0.900. The van der Waals surface area contributed by atoms with Crippen molar-refractivity contribution in [1.29, 1.82) is 0 Å². The number of hydrogen-bond acceptors (Lipinski definition) is 1. The Morgan fingerprint density at radius 3 is 2.33 bits per heavy atom. The fourth-order valence-corrected chi connectivity index (χ4v) is 2.04. The molecule has 0 aromatic heterocycles. The highest BCUT2D eigenvalue weighted by atomic mass is 16.4. The standard InChI is InChI=1S/C10H18O2/c1-8-6-4-2-3-5-7-9(8)10(11)12/h8-9H,2-7H2,1H3,(H,11,12). The third kappa shape index (κ3) is 2.50. The van der Waals surface area contributed by atoms with Crippen LogP contribution in [0.25, 0.3) is 0 Å². The highest BCUT2D eigenvalue weighted by molar-refractivity contribution is 5.70. The summed E-state index contributed by atoms with van der Waals surface area (Å²) in [5.74, 6) is -0.294. The quantitative estimate of drug-likeness (QED) is 0.657. The third-order valence-corrected chi connectivity index (χ3v) is 2.93. The minimum Gasteiger partial charge on any atom is -0.481 e. The largest absolute Gasteiger partial charge is 0.481 e. The smallest absolute Gasteiger partial charge is 0.306 e. The van der Waals surface area contributed by atoms with Crippen molar-refractivity contribution in [2.75, 3.05) is 0 Å². The molecule has 2 unspecified atom stereocenters. The Hall–Kier alpha value is -0.530. The molecule has 0 aromatic carbocycles. The molecular weight excluding hydrogens is 152 g/mol. The van der Waals surface area contributed by atoms with E-state index in [0.717, 1.165) is 19.3 Å². The van der Waals surface area contributed by atoms with E-state index in [1.54, 1.807) is 0 Å². The second kappa shape index (κ2) is 4.48. The molecular formula is C10H18O2. The lowest BCUT2D eigenvalue weighted by molar-refractivity contribution is -0.144. The molecule has 1 N–H and O–H groups in total. The minimum atomic E-state index is -0.593. The van der Waals surface area contributed by atoms with Crippen LogP contribution >= 0.6 is 0 Å². The molecule has 1 fully saturated rings. The summed E-state index contributed by atoms with van der Waals surface area (Å²) in [7, 11) is 0. The van der Waals surface area contributed by atoms with E-state index in [9.17, 15) is 4.79 Å². The van der Waals surface area contributed by atoms with Crippen molar-refractivity contribution in [3.8, 4) is 0 Å². The van der Waals surface area contributed by atoms with Crippen LogP contribution in [-0.2, 0) is 4.79 Å². The molecule has 70 valence electrons. The first-order chi connectivity index (χ1) is 5.72. The normalized spacial score (nSPS) is 32.1. The first kappa shape index (κ1) is 9.56. The minimum absolute atomic E-state index is 0.0784. The van der Waals surface area contributed by atoms with E-state index < -0.39 is 5.97 Å². The number of rotatable bonds is 1. The van der Waals surface area contributed by atoms with Crippen molar-refractivity contribution >= 4 is 5.97 Å². The number of aliphatic carboxylic acids is 1. The molecule has 1 saturated carbocycles. The number of carboxylic acid groups (broad SMARTS) is 1. The molecule has 0 aliphatic heterocycles. The van der Waals surface area contributed by atoms with Crippen LogP contribution in [0.2, 0.25) is 0 Å². The van der Waals surface area contributed by atoms with Gasteiger partial charge in [0, 0.05) is 0 Å². The second-order valence-electron chi connectivity index (χ2n) is 3.91. The Balaban J connectivity index is 2.48. The summed E-state index contributed by atoms with van der Waals surface area (Å²) < 4.78 is 0. The summed E-state index contributed by atoms with van der Waals surface area (Å²) >= 11 is 0. The summed E-state index contributed by atoms with van der Waals surface area (Å²) in [6.45, 7) is 2.07. The van der Waals surface area contributed by atoms with Gasteiger partial charge in [-0.15, -0.1) is 0 Å². The SMILES string of the molecule is CC1CCCCCCC1C(=O)O. The highest BCUT2D eigenvalue weighted by Gasteiger charge is 2.24. The van der Waals surface area contributed by atoms with Gasteiger partial charge < -0.3 is 5.11 Å². The third-order valence-electron chi connectivity index (χ3n) is 2.93. The Labute approximate surface area is 74.0 Å². The summed E-state index contributed by atoms with van der Waals surface area (Å²) in [5.41, 5.74) is 0. The zero-order chi connectivity index (χ0) is 8.97. The predicted molar refractivity (Wildman–Crippen MR) is 48.0 cm³/mol. The van der Waals surface area contributed by atoms with Crippen molar-refractivity contribution in [2.24, 2.45) is 11.8 Å². The Morgan fingerprint density at radius 2 is 1.75 bits per heavy atom. The zero-order valence-electron chi connectivity index (χ0n) is 7.75. The molecule has 0 spiro atoms. The summed E-state index contributed by atoms with van der Waals surface area (Å²) in [4.78, 5) is 10.8. The number of hydrogen-bond donors (Lipinski definition) is 1. The van der Waals surface area contributed by atoms with Crippen molar-refractivity contribution in [1.82, 2.24) is 0 Å². The summed E-state index contributed by atoms with van der Waals surface area (Å²) in [6, 6.07) is 0. The van der Waals surface area contributed by atoms with Crippen molar-refractivity contribution in [3.05, 3.63) is 0 Å². The predicted octanol–water partition coefficient (Wildman–Crippen LogP) is 2.68. The molecule has 2 nitrogen and oxygen atoms in total. The van der Waals surface area contributed by atoms with Crippen LogP contribution in [0.5, 0.6) is 0 Å². The van der Waals surface area contributed by atoms with Crippen LogP contribution in [0, 0.1) is 11.8 Å². The van der Waals surface area contributed by atoms with E-state index >= 15 is 0 Å². The van der Waals surface area contributed by atoms with Gasteiger partial charge >= 0.3 is 5.97 Å². The van der Waals surface area contributed by atoms with Gasteiger partial charge in [-0.25, -0.2) is 0 Å². The molecule has 0 heterocycles. The molecule has 1 rings (SSSR count). The van der Waals surface area contributed by atoms with E-state index in [-0.39, 0.29) is 5.92 Å². The molecule has 2 heteroatoms. The van der Waals surface area contributed by atoms with Gasteiger partial charge in [-0.05, 0) is 18.8 Å². The van der Waals surface area contributed by atoms with E-state index in [2.05, 4.69) is 6.92 Å². The van der Waals surface area contributed by atoms with Gasteiger partial charge in [-0.3, -0.25) is 4.79 Å². The molecule has 1 aliphatic carbocycles. The second-order valence-corrected chi connectivity index (χ2v) is 3.91. The average Bonchev–Trinajstić information content (AvgIpc) is 1.96. The lowest BCUT2D eigenvalue weighted by Crippen LogP contribution is -2.22. The monoisotopic (exact) mass is 170 g/mol. The number of carbonyl (C=O) groups is 1. The highest BCUT2D eigenvalue weighted by Crippen LogP contribution is 2.27. The maximum atomic E-state index is 10.8. The van der Waals surface area contributed by atoms with Crippen LogP contribution in [0.4, 0.5) is 0 Å². The van der Waals surface area contributed by atoms with E-state index in [1.165, 1.54) is 19.3 Å². The van der Waals surface area contributed by atoms with Crippen molar-refractivity contribution in [2.45, 2.75) is 45.4 Å². The summed E-state index contributed by atoms with van der Waals surface area (Å²) in [6.07, 6.45) is 6.80. The molecule has 0 aromatic rings. The van der Waals surface area contributed by atoms with Gasteiger partial charge in [0.2, 0.25) is 0 Å². The van der Waals surface area contributed by atoms with Crippen molar-refractivity contribution in [3.63, 3.8) is 0 Å². The van der Waals surface area contributed by atoms with Crippen LogP contribution in [0.3, 0.4) is 0 Å². The molecule has 12 heavy (non-hydrogen) atoms. The first-order valence-corrected chi connectivity index (χ1v) is 4.94. The van der Waals surface area contributed by atoms with Crippen LogP contribution < -0.4 is 0 Å². The van der Waals surface area contributed by atoms with Crippen LogP contribution in [0.15, 0.2) is 0 Å². The lowest BCUT2D eigenvalue weighted by atomic mass is 9.83. The molecule has 2 atom stereocenters. The van der Waals surface area contributed by atoms with Gasteiger partial charge in [0.1, 0.15) is 0 Å². The Kier molecular flexibility index (Phi) is 3.57. The van der Waals surface area contributed by atoms with Gasteiger partial charge in [-0.2, -0.15) is 0 Å². The molecule has 0 radical (unpaired) electrons.